The number of ether oxygens (including phenoxy) is 1. The number of hydrogen-bond acceptors (Lipinski definition) is 2. The van der Waals surface area contributed by atoms with Crippen molar-refractivity contribution in [3.05, 3.63) is 29.8 Å². The minimum Gasteiger partial charge on any atom is -0.497 e. The Balaban J connectivity index is 1.89. The lowest BCUT2D eigenvalue weighted by atomic mass is 9.52. The van der Waals surface area contributed by atoms with Crippen molar-refractivity contribution < 1.29 is 9.84 Å². The molecule has 4 rings (SSSR count). The molecule has 2 nitrogen and oxygen atoms in total. The van der Waals surface area contributed by atoms with E-state index in [9.17, 15) is 5.11 Å². The molecule has 18 heavy (non-hydrogen) atoms. The van der Waals surface area contributed by atoms with Crippen molar-refractivity contribution in [2.24, 2.45) is 5.41 Å². The molecule has 0 aliphatic heterocycles. The number of rotatable bonds is 3. The summed E-state index contributed by atoms with van der Waals surface area (Å²) < 4.78 is 5.35. The number of benzene rings is 1. The number of hydrogen-bond donors (Lipinski definition) is 1. The second-order valence-electron chi connectivity index (χ2n) is 6.17. The summed E-state index contributed by atoms with van der Waals surface area (Å²) >= 11 is 0. The first kappa shape index (κ1) is 12.0. The molecule has 98 valence electrons. The Morgan fingerprint density at radius 1 is 1.11 bits per heavy atom. The molecule has 0 amide bonds. The summed E-state index contributed by atoms with van der Waals surface area (Å²) in [4.78, 5) is 0. The van der Waals surface area contributed by atoms with Gasteiger partial charge in [-0.15, -0.1) is 0 Å². The standard InChI is InChI=1S/C16H22O2/c1-18-14-4-2-3-13(11-14)16-8-5-15(12-17,6-9-16)7-10-16/h2-4,11,17H,5-10,12H2,1H3. The van der Waals surface area contributed by atoms with E-state index in [0.29, 0.717) is 12.0 Å². The zero-order valence-corrected chi connectivity index (χ0v) is 11.1. The summed E-state index contributed by atoms with van der Waals surface area (Å²) in [6, 6.07) is 8.58. The van der Waals surface area contributed by atoms with E-state index in [2.05, 4.69) is 18.2 Å². The van der Waals surface area contributed by atoms with Gasteiger partial charge in [0.2, 0.25) is 0 Å². The van der Waals surface area contributed by atoms with Gasteiger partial charge in [-0.05, 0) is 67.1 Å². The van der Waals surface area contributed by atoms with Crippen LogP contribution in [0.1, 0.15) is 44.1 Å². The van der Waals surface area contributed by atoms with Gasteiger partial charge < -0.3 is 9.84 Å². The molecule has 0 saturated heterocycles. The van der Waals surface area contributed by atoms with Crippen LogP contribution in [0.4, 0.5) is 0 Å². The van der Waals surface area contributed by atoms with Gasteiger partial charge in [0.15, 0.2) is 0 Å². The third kappa shape index (κ3) is 1.74. The van der Waals surface area contributed by atoms with Crippen molar-refractivity contribution in [1.29, 1.82) is 0 Å². The fourth-order valence-electron chi connectivity index (χ4n) is 3.89. The second-order valence-corrected chi connectivity index (χ2v) is 6.17. The van der Waals surface area contributed by atoms with Crippen molar-refractivity contribution in [3.8, 4) is 5.75 Å². The van der Waals surface area contributed by atoms with Gasteiger partial charge >= 0.3 is 0 Å². The molecule has 0 aromatic heterocycles. The predicted octanol–water partition coefficient (Wildman–Crippen LogP) is 3.28. The summed E-state index contributed by atoms with van der Waals surface area (Å²) in [6.07, 6.45) is 7.21. The van der Waals surface area contributed by atoms with E-state index < -0.39 is 0 Å². The van der Waals surface area contributed by atoms with Gasteiger partial charge in [0.05, 0.1) is 7.11 Å². The average molecular weight is 246 g/mol. The molecular formula is C16H22O2. The first-order chi connectivity index (χ1) is 8.72. The molecule has 0 atom stereocenters. The van der Waals surface area contributed by atoms with Gasteiger partial charge in [-0.25, -0.2) is 0 Å². The Hall–Kier alpha value is -1.02. The van der Waals surface area contributed by atoms with Gasteiger partial charge in [-0.2, -0.15) is 0 Å². The molecular weight excluding hydrogens is 224 g/mol. The van der Waals surface area contributed by atoms with Crippen LogP contribution in [0.3, 0.4) is 0 Å². The van der Waals surface area contributed by atoms with Crippen LogP contribution < -0.4 is 4.74 Å². The first-order valence-corrected chi connectivity index (χ1v) is 6.97. The first-order valence-electron chi connectivity index (χ1n) is 6.97. The summed E-state index contributed by atoms with van der Waals surface area (Å²) in [5.41, 5.74) is 2.04. The minimum atomic E-state index is 0.251. The summed E-state index contributed by atoms with van der Waals surface area (Å²) in [5.74, 6) is 0.964. The van der Waals surface area contributed by atoms with E-state index in [4.69, 9.17) is 4.74 Å². The summed E-state index contributed by atoms with van der Waals surface area (Å²) in [6.45, 7) is 0.376. The van der Waals surface area contributed by atoms with Crippen LogP contribution in [-0.2, 0) is 5.41 Å². The molecule has 2 heteroatoms. The normalized spacial score (nSPS) is 34.6. The Bertz CT molecular complexity index is 414. The van der Waals surface area contributed by atoms with Crippen LogP contribution in [0, 0.1) is 5.41 Å². The van der Waals surface area contributed by atoms with Crippen molar-refractivity contribution in [2.75, 3.05) is 13.7 Å². The maximum absolute atomic E-state index is 9.58. The average Bonchev–Trinajstić information content (AvgIpc) is 2.49. The molecule has 0 heterocycles. The fourth-order valence-corrected chi connectivity index (χ4v) is 3.89. The fraction of sp³-hybridized carbons (Fsp3) is 0.625. The van der Waals surface area contributed by atoms with Crippen molar-refractivity contribution in [1.82, 2.24) is 0 Å². The van der Waals surface area contributed by atoms with Crippen LogP contribution in [0.2, 0.25) is 0 Å². The van der Waals surface area contributed by atoms with Gasteiger partial charge in [-0.3, -0.25) is 0 Å². The lowest BCUT2D eigenvalue weighted by Gasteiger charge is -2.53. The van der Waals surface area contributed by atoms with Crippen LogP contribution >= 0.6 is 0 Å². The highest BCUT2D eigenvalue weighted by molar-refractivity contribution is 5.35. The lowest BCUT2D eigenvalue weighted by molar-refractivity contribution is -0.00693. The number of aliphatic hydroxyl groups is 1. The molecule has 0 spiro atoms. The van der Waals surface area contributed by atoms with E-state index in [1.165, 1.54) is 44.1 Å². The molecule has 2 bridgehead atoms. The topological polar surface area (TPSA) is 29.5 Å². The minimum absolute atomic E-state index is 0.251. The molecule has 3 fully saturated rings. The van der Waals surface area contributed by atoms with Crippen molar-refractivity contribution >= 4 is 0 Å². The lowest BCUT2D eigenvalue weighted by Crippen LogP contribution is -2.45. The molecule has 0 radical (unpaired) electrons. The SMILES string of the molecule is COc1cccc(C23CCC(CO)(CC2)CC3)c1. The van der Waals surface area contributed by atoms with E-state index in [1.807, 2.05) is 6.07 Å². The molecule has 1 N–H and O–H groups in total. The van der Waals surface area contributed by atoms with E-state index in [1.54, 1.807) is 7.11 Å². The Kier molecular flexibility index (Phi) is 2.86. The van der Waals surface area contributed by atoms with Crippen molar-refractivity contribution in [2.45, 2.75) is 43.9 Å². The van der Waals surface area contributed by atoms with E-state index in [-0.39, 0.29) is 5.41 Å². The maximum Gasteiger partial charge on any atom is 0.119 e. The molecule has 3 aliphatic rings. The van der Waals surface area contributed by atoms with E-state index >= 15 is 0 Å². The second kappa shape index (κ2) is 4.27. The van der Waals surface area contributed by atoms with Crippen LogP contribution in [0.25, 0.3) is 0 Å². The molecule has 3 aliphatic carbocycles. The largest absolute Gasteiger partial charge is 0.497 e. The van der Waals surface area contributed by atoms with Gasteiger partial charge in [-0.1, -0.05) is 12.1 Å². The monoisotopic (exact) mass is 246 g/mol. The predicted molar refractivity (Wildman–Crippen MR) is 71.9 cm³/mol. The zero-order valence-electron chi connectivity index (χ0n) is 11.1. The summed E-state index contributed by atoms with van der Waals surface area (Å²) in [5, 5.41) is 9.58. The Morgan fingerprint density at radius 3 is 2.33 bits per heavy atom. The zero-order chi connectivity index (χ0) is 12.6. The van der Waals surface area contributed by atoms with Gasteiger partial charge in [0, 0.05) is 6.61 Å². The molecule has 1 aromatic rings. The maximum atomic E-state index is 9.58. The summed E-state index contributed by atoms with van der Waals surface area (Å²) in [7, 11) is 1.73. The third-order valence-corrected chi connectivity index (χ3v) is 5.42. The van der Waals surface area contributed by atoms with Crippen LogP contribution in [0.5, 0.6) is 5.75 Å². The van der Waals surface area contributed by atoms with Gasteiger partial charge in [0.1, 0.15) is 5.75 Å². The van der Waals surface area contributed by atoms with Crippen LogP contribution in [0.15, 0.2) is 24.3 Å². The third-order valence-electron chi connectivity index (χ3n) is 5.42. The molecule has 0 unspecified atom stereocenters. The smallest absolute Gasteiger partial charge is 0.119 e. The van der Waals surface area contributed by atoms with Crippen molar-refractivity contribution in [3.63, 3.8) is 0 Å². The Labute approximate surface area is 109 Å². The van der Waals surface area contributed by atoms with E-state index in [0.717, 1.165) is 5.75 Å². The molecule has 3 saturated carbocycles. The number of aliphatic hydroxyl groups excluding tert-OH is 1. The van der Waals surface area contributed by atoms with Crippen LogP contribution in [-0.4, -0.2) is 18.8 Å². The quantitative estimate of drug-likeness (QED) is 0.887. The highest BCUT2D eigenvalue weighted by atomic mass is 16.5. The number of fused-ring (bicyclic) bond motifs is 3. The molecule has 1 aromatic carbocycles. The Morgan fingerprint density at radius 2 is 1.78 bits per heavy atom. The highest BCUT2D eigenvalue weighted by Gasteiger charge is 2.48. The number of methoxy groups -OCH3 is 1. The van der Waals surface area contributed by atoms with Gasteiger partial charge in [0.25, 0.3) is 0 Å². The highest BCUT2D eigenvalue weighted by Crippen LogP contribution is 2.57.